The van der Waals surface area contributed by atoms with Crippen LogP contribution in [0.4, 0.5) is 0 Å². The zero-order chi connectivity index (χ0) is 9.99. The Morgan fingerprint density at radius 2 is 1.83 bits per heavy atom. The molecule has 0 fully saturated rings. The number of hydrogen-bond donors (Lipinski definition) is 1. The van der Waals surface area contributed by atoms with Gasteiger partial charge in [-0.25, -0.2) is 12.7 Å². The van der Waals surface area contributed by atoms with E-state index in [1.54, 1.807) is 20.8 Å². The van der Waals surface area contributed by atoms with Crippen molar-refractivity contribution in [2.24, 2.45) is 0 Å². The van der Waals surface area contributed by atoms with Gasteiger partial charge in [-0.1, -0.05) is 0 Å². The zero-order valence-corrected chi connectivity index (χ0v) is 8.85. The van der Waals surface area contributed by atoms with Crippen molar-refractivity contribution in [2.45, 2.75) is 26.4 Å². The maximum atomic E-state index is 11.2. The smallest absolute Gasteiger partial charge is 0.213 e. The zero-order valence-electron chi connectivity index (χ0n) is 8.03. The summed E-state index contributed by atoms with van der Waals surface area (Å²) in [4.78, 5) is 0. The Hall–Kier alpha value is -0.130. The summed E-state index contributed by atoms with van der Waals surface area (Å²) < 4.78 is 23.6. The van der Waals surface area contributed by atoms with Gasteiger partial charge >= 0.3 is 0 Å². The summed E-state index contributed by atoms with van der Waals surface area (Å²) in [5, 5.41) is 9.34. The monoisotopic (exact) mass is 195 g/mol. The van der Waals surface area contributed by atoms with Gasteiger partial charge < -0.3 is 5.11 Å². The molecule has 74 valence electrons. The van der Waals surface area contributed by atoms with Crippen LogP contribution >= 0.6 is 0 Å². The second kappa shape index (κ2) is 3.72. The third-order valence-electron chi connectivity index (χ3n) is 1.45. The van der Waals surface area contributed by atoms with Crippen LogP contribution < -0.4 is 0 Å². The first-order chi connectivity index (χ1) is 5.19. The van der Waals surface area contributed by atoms with Crippen LogP contribution in [0.2, 0.25) is 0 Å². The van der Waals surface area contributed by atoms with E-state index in [4.69, 9.17) is 0 Å². The van der Waals surface area contributed by atoms with Crippen LogP contribution in [0, 0.1) is 0 Å². The van der Waals surface area contributed by atoms with Crippen molar-refractivity contribution < 1.29 is 13.5 Å². The van der Waals surface area contributed by atoms with E-state index >= 15 is 0 Å². The summed E-state index contributed by atoms with van der Waals surface area (Å²) in [6.45, 7) is 4.86. The highest BCUT2D eigenvalue weighted by Gasteiger charge is 2.22. The third-order valence-corrected chi connectivity index (χ3v) is 3.26. The molecule has 0 amide bonds. The summed E-state index contributed by atoms with van der Waals surface area (Å²) in [6.07, 6.45) is 0. The van der Waals surface area contributed by atoms with Crippen LogP contribution in [0.15, 0.2) is 0 Å². The Balaban J connectivity index is 4.34. The first-order valence-electron chi connectivity index (χ1n) is 3.85. The Labute approximate surface area is 74.2 Å². The number of sulfonamides is 1. The van der Waals surface area contributed by atoms with Crippen molar-refractivity contribution in [3.05, 3.63) is 0 Å². The van der Waals surface area contributed by atoms with E-state index in [2.05, 4.69) is 0 Å². The molecule has 5 heteroatoms. The van der Waals surface area contributed by atoms with Gasteiger partial charge in [0.1, 0.15) is 0 Å². The summed E-state index contributed by atoms with van der Waals surface area (Å²) in [6, 6.07) is 0. The molecule has 0 atom stereocenters. The van der Waals surface area contributed by atoms with E-state index in [0.29, 0.717) is 0 Å². The average Bonchev–Trinajstić information content (AvgIpc) is 1.84. The molecule has 0 radical (unpaired) electrons. The predicted octanol–water partition coefficient (Wildman–Crippen LogP) is 0.0388. The number of hydrogen-bond acceptors (Lipinski definition) is 3. The lowest BCUT2D eigenvalue weighted by Gasteiger charge is -2.24. The number of rotatable bonds is 4. The van der Waals surface area contributed by atoms with Gasteiger partial charge in [-0.3, -0.25) is 0 Å². The van der Waals surface area contributed by atoms with Crippen LogP contribution in [0.3, 0.4) is 0 Å². The summed E-state index contributed by atoms with van der Waals surface area (Å²) in [7, 11) is -1.69. The minimum atomic E-state index is -3.16. The fraction of sp³-hybridized carbons (Fsp3) is 1.00. The molecule has 0 heterocycles. The highest BCUT2D eigenvalue weighted by atomic mass is 32.2. The van der Waals surface area contributed by atoms with Crippen LogP contribution in [-0.2, 0) is 10.0 Å². The molecule has 0 saturated heterocycles. The quantitative estimate of drug-likeness (QED) is 0.689. The molecule has 0 aliphatic heterocycles. The van der Waals surface area contributed by atoms with Crippen LogP contribution in [-0.4, -0.2) is 42.8 Å². The van der Waals surface area contributed by atoms with Gasteiger partial charge in [0.25, 0.3) is 0 Å². The number of aliphatic hydroxyl groups is 1. The maximum Gasteiger partial charge on any atom is 0.213 e. The summed E-state index contributed by atoms with van der Waals surface area (Å²) >= 11 is 0. The molecule has 0 aromatic heterocycles. The van der Waals surface area contributed by atoms with Gasteiger partial charge in [0.05, 0.1) is 11.4 Å². The lowest BCUT2D eigenvalue weighted by atomic mass is 10.1. The topological polar surface area (TPSA) is 57.6 Å². The Morgan fingerprint density at radius 1 is 1.42 bits per heavy atom. The normalized spacial score (nSPS) is 13.8. The molecular formula is C7H17NO3S. The van der Waals surface area contributed by atoms with Crippen molar-refractivity contribution in [1.29, 1.82) is 0 Å². The predicted molar refractivity (Wildman–Crippen MR) is 48.4 cm³/mol. The van der Waals surface area contributed by atoms with Crippen molar-refractivity contribution in [3.8, 4) is 0 Å². The van der Waals surface area contributed by atoms with Gasteiger partial charge in [-0.15, -0.1) is 0 Å². The standard InChI is InChI=1S/C7H17NO3S/c1-5-12(10,11)8(4)6-7(2,3)9/h9H,5-6H2,1-4H3. The third kappa shape index (κ3) is 4.04. The van der Waals surface area contributed by atoms with E-state index in [9.17, 15) is 13.5 Å². The van der Waals surface area contributed by atoms with E-state index in [1.165, 1.54) is 11.4 Å². The molecule has 0 rings (SSSR count). The first kappa shape index (κ1) is 11.9. The van der Waals surface area contributed by atoms with Crippen LogP contribution in [0.1, 0.15) is 20.8 Å². The minimum Gasteiger partial charge on any atom is -0.389 e. The molecule has 1 N–H and O–H groups in total. The Morgan fingerprint density at radius 3 is 2.08 bits per heavy atom. The number of nitrogens with zero attached hydrogens (tertiary/aromatic N) is 1. The molecule has 0 aromatic carbocycles. The molecule has 0 unspecified atom stereocenters. The largest absolute Gasteiger partial charge is 0.389 e. The number of likely N-dealkylation sites (N-methyl/N-ethyl adjacent to an activating group) is 1. The molecule has 0 spiro atoms. The molecule has 0 aliphatic carbocycles. The van der Waals surface area contributed by atoms with Crippen LogP contribution in [0.5, 0.6) is 0 Å². The summed E-state index contributed by atoms with van der Waals surface area (Å²) in [5.74, 6) is 0.0690. The Bertz CT molecular complexity index is 228. The van der Waals surface area contributed by atoms with Gasteiger partial charge in [0.2, 0.25) is 10.0 Å². The first-order valence-corrected chi connectivity index (χ1v) is 5.46. The lowest BCUT2D eigenvalue weighted by Crippen LogP contribution is -2.40. The summed E-state index contributed by atoms with van der Waals surface area (Å²) in [5.41, 5.74) is -0.975. The van der Waals surface area contributed by atoms with Crippen molar-refractivity contribution >= 4 is 10.0 Å². The van der Waals surface area contributed by atoms with Gasteiger partial charge in [-0.05, 0) is 20.8 Å². The van der Waals surface area contributed by atoms with Crippen LogP contribution in [0.25, 0.3) is 0 Å². The fourth-order valence-electron chi connectivity index (χ4n) is 0.864. The van der Waals surface area contributed by atoms with Crippen molar-refractivity contribution in [1.82, 2.24) is 4.31 Å². The average molecular weight is 195 g/mol. The molecule has 4 nitrogen and oxygen atoms in total. The highest BCUT2D eigenvalue weighted by Crippen LogP contribution is 2.07. The van der Waals surface area contributed by atoms with Gasteiger partial charge in [0, 0.05) is 13.6 Å². The Kier molecular flexibility index (Phi) is 3.68. The van der Waals surface area contributed by atoms with Gasteiger partial charge in [0.15, 0.2) is 0 Å². The van der Waals surface area contributed by atoms with Crippen molar-refractivity contribution in [3.63, 3.8) is 0 Å². The van der Waals surface area contributed by atoms with Gasteiger partial charge in [-0.2, -0.15) is 0 Å². The lowest BCUT2D eigenvalue weighted by molar-refractivity contribution is 0.0640. The molecule has 0 aliphatic rings. The van der Waals surface area contributed by atoms with E-state index in [0.717, 1.165) is 0 Å². The van der Waals surface area contributed by atoms with E-state index in [1.807, 2.05) is 0 Å². The maximum absolute atomic E-state index is 11.2. The molecule has 12 heavy (non-hydrogen) atoms. The minimum absolute atomic E-state index is 0.0690. The van der Waals surface area contributed by atoms with E-state index in [-0.39, 0.29) is 12.3 Å². The SMILES string of the molecule is CCS(=O)(=O)N(C)CC(C)(C)O. The highest BCUT2D eigenvalue weighted by molar-refractivity contribution is 7.89. The molecule has 0 saturated carbocycles. The molecular weight excluding hydrogens is 178 g/mol. The second-order valence-corrected chi connectivity index (χ2v) is 5.83. The fourth-order valence-corrected chi connectivity index (χ4v) is 1.82. The molecule has 0 aromatic rings. The van der Waals surface area contributed by atoms with E-state index < -0.39 is 15.6 Å². The van der Waals surface area contributed by atoms with Crippen molar-refractivity contribution in [2.75, 3.05) is 19.3 Å². The second-order valence-electron chi connectivity index (χ2n) is 3.47. The molecule has 0 bridgehead atoms.